The van der Waals surface area contributed by atoms with E-state index in [4.69, 9.17) is 16.3 Å². The second kappa shape index (κ2) is 8.54. The normalized spacial score (nSPS) is 10.5. The maximum absolute atomic E-state index is 13.5. The van der Waals surface area contributed by atoms with E-state index in [1.54, 1.807) is 12.1 Å². The number of unbranched alkanes of at least 4 members (excludes halogenated alkanes) is 3. The molecule has 22 heavy (non-hydrogen) atoms. The van der Waals surface area contributed by atoms with Crippen molar-refractivity contribution in [2.75, 3.05) is 11.9 Å². The molecule has 0 atom stereocenters. The fourth-order valence-electron chi connectivity index (χ4n) is 1.92. The second-order valence-electron chi connectivity index (χ2n) is 4.89. The van der Waals surface area contributed by atoms with E-state index in [2.05, 4.69) is 22.2 Å². The van der Waals surface area contributed by atoms with Gasteiger partial charge in [-0.25, -0.2) is 9.37 Å². The Morgan fingerprint density at radius 3 is 2.68 bits per heavy atom. The van der Waals surface area contributed by atoms with Crippen LogP contribution < -0.4 is 10.1 Å². The highest BCUT2D eigenvalue weighted by Crippen LogP contribution is 2.21. The highest BCUT2D eigenvalue weighted by atomic mass is 35.5. The third kappa shape index (κ3) is 5.15. The Morgan fingerprint density at radius 2 is 1.95 bits per heavy atom. The third-order valence-corrected chi connectivity index (χ3v) is 3.28. The number of hydrogen-bond donors (Lipinski definition) is 1. The minimum atomic E-state index is -0.555. The Kier molecular flexibility index (Phi) is 6.40. The largest absolute Gasteiger partial charge is 0.494 e. The molecule has 0 aliphatic carbocycles. The summed E-state index contributed by atoms with van der Waals surface area (Å²) in [4.78, 5) is 7.37. The quantitative estimate of drug-likeness (QED) is 0.550. The van der Waals surface area contributed by atoms with Crippen LogP contribution in [-0.4, -0.2) is 16.6 Å². The second-order valence-corrected chi connectivity index (χ2v) is 5.23. The maximum atomic E-state index is 13.5. The van der Waals surface area contributed by atoms with E-state index in [0.717, 1.165) is 18.4 Å². The van der Waals surface area contributed by atoms with Gasteiger partial charge in [-0.2, -0.15) is 4.98 Å². The molecule has 4 nitrogen and oxygen atoms in total. The van der Waals surface area contributed by atoms with Crippen LogP contribution in [0.15, 0.2) is 30.5 Å². The molecule has 2 rings (SSSR count). The summed E-state index contributed by atoms with van der Waals surface area (Å²) in [5.74, 6) is 0.289. The summed E-state index contributed by atoms with van der Waals surface area (Å²) < 4.78 is 19.2. The third-order valence-electron chi connectivity index (χ3n) is 3.10. The average molecular weight is 324 g/mol. The Morgan fingerprint density at radius 1 is 1.18 bits per heavy atom. The first kappa shape index (κ1) is 16.5. The lowest BCUT2D eigenvalue weighted by Gasteiger charge is -2.09. The molecule has 1 aromatic heterocycles. The minimum absolute atomic E-state index is 0.00377. The van der Waals surface area contributed by atoms with Crippen molar-refractivity contribution in [3.05, 3.63) is 41.6 Å². The van der Waals surface area contributed by atoms with Crippen molar-refractivity contribution in [3.8, 4) is 5.75 Å². The van der Waals surface area contributed by atoms with Crippen LogP contribution in [-0.2, 0) is 0 Å². The lowest BCUT2D eigenvalue weighted by molar-refractivity contribution is 0.305. The topological polar surface area (TPSA) is 47.0 Å². The number of ether oxygens (including phenoxy) is 1. The number of aromatic nitrogens is 2. The van der Waals surface area contributed by atoms with Crippen LogP contribution in [0.3, 0.4) is 0 Å². The molecule has 1 heterocycles. The fourth-order valence-corrected chi connectivity index (χ4v) is 2.06. The van der Waals surface area contributed by atoms with Gasteiger partial charge in [0, 0.05) is 5.69 Å². The van der Waals surface area contributed by atoms with Crippen molar-refractivity contribution in [1.29, 1.82) is 0 Å². The minimum Gasteiger partial charge on any atom is -0.494 e. The van der Waals surface area contributed by atoms with Crippen molar-refractivity contribution in [3.63, 3.8) is 0 Å². The summed E-state index contributed by atoms with van der Waals surface area (Å²) in [7, 11) is 0. The van der Waals surface area contributed by atoms with E-state index in [1.165, 1.54) is 19.3 Å². The van der Waals surface area contributed by atoms with Gasteiger partial charge < -0.3 is 10.1 Å². The molecule has 2 aromatic rings. The van der Waals surface area contributed by atoms with Crippen molar-refractivity contribution in [2.24, 2.45) is 0 Å². The first-order chi connectivity index (χ1) is 10.7. The van der Waals surface area contributed by atoms with E-state index >= 15 is 0 Å². The molecule has 0 saturated heterocycles. The molecule has 0 radical (unpaired) electrons. The molecule has 0 bridgehead atoms. The summed E-state index contributed by atoms with van der Waals surface area (Å²) in [6.07, 6.45) is 5.72. The van der Waals surface area contributed by atoms with Gasteiger partial charge in [0.05, 0.1) is 12.8 Å². The number of anilines is 2. The van der Waals surface area contributed by atoms with E-state index in [-0.39, 0.29) is 11.1 Å². The SMILES string of the molecule is CCCCCCOc1ccc(Nc2nc(Cl)ncc2F)cc1. The molecule has 0 fully saturated rings. The highest BCUT2D eigenvalue weighted by Gasteiger charge is 2.06. The van der Waals surface area contributed by atoms with Crippen LogP contribution in [0.1, 0.15) is 32.6 Å². The average Bonchev–Trinajstić information content (AvgIpc) is 2.52. The van der Waals surface area contributed by atoms with Gasteiger partial charge in [0.2, 0.25) is 5.28 Å². The molecular weight excluding hydrogens is 305 g/mol. The Labute approximate surface area is 134 Å². The predicted molar refractivity (Wildman–Crippen MR) is 86.4 cm³/mol. The molecule has 1 N–H and O–H groups in total. The zero-order valence-electron chi connectivity index (χ0n) is 12.5. The van der Waals surface area contributed by atoms with Gasteiger partial charge in [-0.15, -0.1) is 0 Å². The monoisotopic (exact) mass is 323 g/mol. The van der Waals surface area contributed by atoms with Gasteiger partial charge in [-0.1, -0.05) is 26.2 Å². The van der Waals surface area contributed by atoms with Gasteiger partial charge in [-0.3, -0.25) is 0 Å². The molecule has 0 aliphatic heterocycles. The Hall–Kier alpha value is -1.88. The summed E-state index contributed by atoms with van der Waals surface area (Å²) >= 11 is 5.65. The number of nitrogens with one attached hydrogen (secondary N) is 1. The zero-order valence-corrected chi connectivity index (χ0v) is 13.2. The van der Waals surface area contributed by atoms with Crippen molar-refractivity contribution in [2.45, 2.75) is 32.6 Å². The molecule has 0 saturated carbocycles. The van der Waals surface area contributed by atoms with Crippen molar-refractivity contribution < 1.29 is 9.13 Å². The van der Waals surface area contributed by atoms with Gasteiger partial charge in [0.15, 0.2) is 11.6 Å². The van der Waals surface area contributed by atoms with Crippen LogP contribution >= 0.6 is 11.6 Å². The molecule has 0 unspecified atom stereocenters. The van der Waals surface area contributed by atoms with Gasteiger partial charge >= 0.3 is 0 Å². The molecule has 0 aliphatic rings. The number of benzene rings is 1. The predicted octanol–water partition coefficient (Wildman–Crippen LogP) is 4.97. The number of nitrogens with zero attached hydrogens (tertiary/aromatic N) is 2. The first-order valence-corrected chi connectivity index (χ1v) is 7.74. The highest BCUT2D eigenvalue weighted by molar-refractivity contribution is 6.28. The maximum Gasteiger partial charge on any atom is 0.224 e. The van der Waals surface area contributed by atoms with Gasteiger partial charge in [0.1, 0.15) is 5.75 Å². The van der Waals surface area contributed by atoms with E-state index in [0.29, 0.717) is 12.3 Å². The van der Waals surface area contributed by atoms with Crippen molar-refractivity contribution in [1.82, 2.24) is 9.97 Å². The van der Waals surface area contributed by atoms with Crippen LogP contribution in [0.25, 0.3) is 0 Å². The standard InChI is InChI=1S/C16H19ClFN3O/c1-2-3-4-5-10-22-13-8-6-12(7-9-13)20-15-14(18)11-19-16(17)21-15/h6-9,11H,2-5,10H2,1H3,(H,19,20,21). The number of halogens is 2. The van der Waals surface area contributed by atoms with Crippen LogP contribution in [0.4, 0.5) is 15.9 Å². The summed E-state index contributed by atoms with van der Waals surface area (Å²) in [5.41, 5.74) is 0.701. The van der Waals surface area contributed by atoms with Crippen LogP contribution in [0.2, 0.25) is 5.28 Å². The molecular formula is C16H19ClFN3O. The zero-order chi connectivity index (χ0) is 15.8. The Bertz CT molecular complexity index is 592. The van der Waals surface area contributed by atoms with E-state index in [1.807, 2.05) is 12.1 Å². The van der Waals surface area contributed by atoms with E-state index < -0.39 is 5.82 Å². The first-order valence-electron chi connectivity index (χ1n) is 7.37. The van der Waals surface area contributed by atoms with Crippen LogP contribution in [0, 0.1) is 5.82 Å². The lowest BCUT2D eigenvalue weighted by Crippen LogP contribution is -2.00. The summed E-state index contributed by atoms with van der Waals surface area (Å²) in [5, 5.41) is 2.85. The Balaban J connectivity index is 1.87. The molecule has 0 amide bonds. The summed E-state index contributed by atoms with van der Waals surface area (Å²) in [6.45, 7) is 2.89. The van der Waals surface area contributed by atoms with Gasteiger partial charge in [-0.05, 0) is 42.3 Å². The fraction of sp³-hybridized carbons (Fsp3) is 0.375. The number of hydrogen-bond acceptors (Lipinski definition) is 4. The lowest BCUT2D eigenvalue weighted by atomic mass is 10.2. The van der Waals surface area contributed by atoms with Gasteiger partial charge in [0.25, 0.3) is 0 Å². The molecule has 118 valence electrons. The van der Waals surface area contributed by atoms with Crippen LogP contribution in [0.5, 0.6) is 5.75 Å². The van der Waals surface area contributed by atoms with E-state index in [9.17, 15) is 4.39 Å². The molecule has 1 aromatic carbocycles. The molecule has 0 spiro atoms. The molecule has 6 heteroatoms. The smallest absolute Gasteiger partial charge is 0.224 e. The number of rotatable bonds is 8. The summed E-state index contributed by atoms with van der Waals surface area (Å²) in [6, 6.07) is 7.28. The van der Waals surface area contributed by atoms with Crippen molar-refractivity contribution >= 4 is 23.1 Å².